The summed E-state index contributed by atoms with van der Waals surface area (Å²) in [4.78, 5) is 0. The van der Waals surface area contributed by atoms with E-state index < -0.39 is 0 Å². The number of hydrogen-bond donors (Lipinski definition) is 2. The van der Waals surface area contributed by atoms with Crippen molar-refractivity contribution in [2.75, 3.05) is 0 Å². The van der Waals surface area contributed by atoms with Gasteiger partial charge in [0.05, 0.1) is 0 Å². The van der Waals surface area contributed by atoms with Crippen LogP contribution in [-0.4, -0.2) is 5.71 Å². The van der Waals surface area contributed by atoms with Gasteiger partial charge in [-0.3, -0.25) is 0 Å². The third kappa shape index (κ3) is 3.76. The summed E-state index contributed by atoms with van der Waals surface area (Å²) in [6.45, 7) is 1.70. The fraction of sp³-hybridized carbons (Fsp3) is 0.250. The summed E-state index contributed by atoms with van der Waals surface area (Å²) in [5.41, 5.74) is 0.532. The first-order valence-corrected chi connectivity index (χ1v) is 2.15. The lowest BCUT2D eigenvalue weighted by Crippen LogP contribution is -1.73. The van der Waals surface area contributed by atoms with E-state index in [2.05, 4.69) is 12.6 Å². The van der Waals surface area contributed by atoms with Gasteiger partial charge in [-0.15, -0.1) is 0 Å². The summed E-state index contributed by atoms with van der Waals surface area (Å²) >= 11 is 3.74. The Morgan fingerprint density at radius 2 is 2.33 bits per heavy atom. The number of hydrogen-bond acceptors (Lipinski definition) is 2. The van der Waals surface area contributed by atoms with Gasteiger partial charge in [0.15, 0.2) is 0 Å². The molecule has 0 aromatic heterocycles. The fourth-order valence-corrected chi connectivity index (χ4v) is 0.335. The highest BCUT2D eigenvalue weighted by molar-refractivity contribution is 7.83. The van der Waals surface area contributed by atoms with Gasteiger partial charge in [-0.25, -0.2) is 0 Å². The lowest BCUT2D eigenvalue weighted by atomic mass is 10.4. The Kier molecular flexibility index (Phi) is 2.85. The molecule has 0 aliphatic carbocycles. The molecule has 0 aromatic carbocycles. The minimum atomic E-state index is 0.532. The van der Waals surface area contributed by atoms with Crippen molar-refractivity contribution >= 4 is 18.3 Å². The summed E-state index contributed by atoms with van der Waals surface area (Å²) < 4.78 is 0. The van der Waals surface area contributed by atoms with Crippen LogP contribution >= 0.6 is 12.6 Å². The van der Waals surface area contributed by atoms with Crippen molar-refractivity contribution in [1.29, 1.82) is 5.41 Å². The minimum absolute atomic E-state index is 0.532. The molecule has 0 saturated heterocycles. The Balaban J connectivity index is 3.30. The van der Waals surface area contributed by atoms with Crippen LogP contribution in [0.2, 0.25) is 0 Å². The standard InChI is InChI=1S/C4H7NS/c1-4(5)2-3-6/h2-3,5-6H,1H3/b3-2-,5-4?. The van der Waals surface area contributed by atoms with E-state index in [1.807, 2.05) is 0 Å². The van der Waals surface area contributed by atoms with E-state index in [9.17, 15) is 0 Å². The highest BCUT2D eigenvalue weighted by Gasteiger charge is 1.67. The van der Waals surface area contributed by atoms with Gasteiger partial charge in [0.2, 0.25) is 0 Å². The average Bonchev–Trinajstić information content (AvgIpc) is 1.35. The van der Waals surface area contributed by atoms with Crippen LogP contribution in [0.4, 0.5) is 0 Å². The van der Waals surface area contributed by atoms with Gasteiger partial charge in [-0.2, -0.15) is 12.6 Å². The van der Waals surface area contributed by atoms with Crippen LogP contribution in [0.5, 0.6) is 0 Å². The molecule has 0 bridgehead atoms. The zero-order valence-corrected chi connectivity index (χ0v) is 4.50. The molecule has 1 nitrogen and oxygen atoms in total. The third-order valence-electron chi connectivity index (χ3n) is 0.325. The molecule has 0 amide bonds. The Morgan fingerprint density at radius 3 is 2.33 bits per heavy atom. The van der Waals surface area contributed by atoms with Crippen LogP contribution in [0.3, 0.4) is 0 Å². The normalized spacial score (nSPS) is 9.67. The van der Waals surface area contributed by atoms with Crippen LogP contribution in [0.25, 0.3) is 0 Å². The van der Waals surface area contributed by atoms with Crippen molar-refractivity contribution in [1.82, 2.24) is 0 Å². The van der Waals surface area contributed by atoms with Gasteiger partial charge in [0.1, 0.15) is 0 Å². The number of rotatable bonds is 1. The lowest BCUT2D eigenvalue weighted by Gasteiger charge is -1.73. The highest BCUT2D eigenvalue weighted by atomic mass is 32.1. The molecule has 0 radical (unpaired) electrons. The Hall–Kier alpha value is -0.240. The largest absolute Gasteiger partial charge is 0.306 e. The quantitative estimate of drug-likeness (QED) is 0.369. The molecule has 0 atom stereocenters. The topological polar surface area (TPSA) is 23.9 Å². The van der Waals surface area contributed by atoms with Crippen molar-refractivity contribution in [3.8, 4) is 0 Å². The Morgan fingerprint density at radius 1 is 1.83 bits per heavy atom. The molecule has 0 rings (SSSR count). The molecule has 0 fully saturated rings. The van der Waals surface area contributed by atoms with Crippen molar-refractivity contribution in [2.45, 2.75) is 6.92 Å². The first-order valence-electron chi connectivity index (χ1n) is 1.63. The van der Waals surface area contributed by atoms with Crippen molar-refractivity contribution in [2.24, 2.45) is 0 Å². The Labute approximate surface area is 43.0 Å². The predicted octanol–water partition coefficient (Wildman–Crippen LogP) is 1.47. The van der Waals surface area contributed by atoms with E-state index in [0.29, 0.717) is 5.71 Å². The maximum Gasteiger partial charge on any atom is 0.0287 e. The van der Waals surface area contributed by atoms with Gasteiger partial charge in [-0.05, 0) is 18.4 Å². The lowest BCUT2D eigenvalue weighted by molar-refractivity contribution is 1.50. The maximum atomic E-state index is 6.76. The smallest absolute Gasteiger partial charge is 0.0287 e. The third-order valence-corrected chi connectivity index (χ3v) is 0.474. The number of nitrogens with one attached hydrogen (secondary N) is 1. The molecule has 0 saturated carbocycles. The molecule has 6 heavy (non-hydrogen) atoms. The molecule has 0 spiro atoms. The van der Waals surface area contributed by atoms with Crippen molar-refractivity contribution in [3.63, 3.8) is 0 Å². The number of thiol groups is 1. The zero-order chi connectivity index (χ0) is 4.99. The molecule has 1 N–H and O–H groups in total. The molecule has 34 valence electrons. The van der Waals surface area contributed by atoms with E-state index in [1.165, 1.54) is 0 Å². The van der Waals surface area contributed by atoms with E-state index in [-0.39, 0.29) is 0 Å². The SMILES string of the molecule is CC(=N)/C=C\S. The van der Waals surface area contributed by atoms with Gasteiger partial charge < -0.3 is 5.41 Å². The molecule has 2 heteroatoms. The first kappa shape index (κ1) is 5.76. The van der Waals surface area contributed by atoms with E-state index >= 15 is 0 Å². The summed E-state index contributed by atoms with van der Waals surface area (Å²) in [6.07, 6.45) is 1.61. The maximum absolute atomic E-state index is 6.76. The molecule has 0 heterocycles. The second-order valence-corrected chi connectivity index (χ2v) is 1.30. The summed E-state index contributed by atoms with van der Waals surface area (Å²) in [5.74, 6) is 0. The Bertz CT molecular complexity index is 75.6. The second-order valence-electron chi connectivity index (χ2n) is 0.999. The first-order chi connectivity index (χ1) is 2.77. The van der Waals surface area contributed by atoms with E-state index in [1.54, 1.807) is 18.4 Å². The van der Waals surface area contributed by atoms with Crippen LogP contribution in [0.1, 0.15) is 6.92 Å². The zero-order valence-electron chi connectivity index (χ0n) is 3.60. The van der Waals surface area contributed by atoms with Gasteiger partial charge in [0, 0.05) is 5.71 Å². The molecule has 0 aromatic rings. The van der Waals surface area contributed by atoms with Crippen LogP contribution < -0.4 is 0 Å². The van der Waals surface area contributed by atoms with Crippen LogP contribution in [0.15, 0.2) is 11.5 Å². The monoisotopic (exact) mass is 101 g/mol. The van der Waals surface area contributed by atoms with Crippen LogP contribution in [-0.2, 0) is 0 Å². The van der Waals surface area contributed by atoms with Gasteiger partial charge in [0.25, 0.3) is 0 Å². The summed E-state index contributed by atoms with van der Waals surface area (Å²) in [7, 11) is 0. The van der Waals surface area contributed by atoms with Gasteiger partial charge in [-0.1, -0.05) is 0 Å². The second kappa shape index (κ2) is 2.97. The molecule has 0 unspecified atom stereocenters. The minimum Gasteiger partial charge on any atom is -0.306 e. The number of allylic oxidation sites excluding steroid dienone is 1. The summed E-state index contributed by atoms with van der Waals surface area (Å²) in [6, 6.07) is 0. The van der Waals surface area contributed by atoms with Gasteiger partial charge >= 0.3 is 0 Å². The van der Waals surface area contributed by atoms with Crippen molar-refractivity contribution < 1.29 is 0 Å². The summed E-state index contributed by atoms with van der Waals surface area (Å²) in [5, 5.41) is 8.30. The molecular formula is C4H7NS. The highest BCUT2D eigenvalue weighted by Crippen LogP contribution is 1.76. The van der Waals surface area contributed by atoms with E-state index in [4.69, 9.17) is 5.41 Å². The fourth-order valence-electron chi connectivity index (χ4n) is 0.112. The van der Waals surface area contributed by atoms with E-state index in [0.717, 1.165) is 0 Å². The molecular weight excluding hydrogens is 94.1 g/mol. The molecule has 0 aliphatic rings. The molecule has 0 aliphatic heterocycles. The van der Waals surface area contributed by atoms with Crippen LogP contribution in [0, 0.1) is 5.41 Å². The predicted molar refractivity (Wildman–Crippen MR) is 31.5 cm³/mol. The van der Waals surface area contributed by atoms with Crippen molar-refractivity contribution in [3.05, 3.63) is 11.5 Å². The average molecular weight is 101 g/mol.